The second-order valence-electron chi connectivity index (χ2n) is 11.1. The fraction of sp³-hybridized carbons (Fsp3) is 0.323. The molecule has 1 aliphatic heterocycles. The van der Waals surface area contributed by atoms with E-state index in [2.05, 4.69) is 15.3 Å². The Bertz CT molecular complexity index is 1710. The number of nitrogens with one attached hydrogen (secondary N) is 1. The Kier molecular flexibility index (Phi) is 6.99. The van der Waals surface area contributed by atoms with Gasteiger partial charge < -0.3 is 19.9 Å². The van der Waals surface area contributed by atoms with Crippen LogP contribution in [0.5, 0.6) is 11.5 Å². The highest BCUT2D eigenvalue weighted by molar-refractivity contribution is 6.00. The molecule has 2 aromatic heterocycles. The number of carbonyl (C=O) groups is 1. The smallest absolute Gasteiger partial charge is 0.424 e. The Morgan fingerprint density at radius 3 is 2.58 bits per heavy atom. The van der Waals surface area contributed by atoms with Crippen LogP contribution in [-0.4, -0.2) is 53.1 Å². The van der Waals surface area contributed by atoms with Gasteiger partial charge in [0.05, 0.1) is 23.8 Å². The van der Waals surface area contributed by atoms with E-state index in [1.807, 2.05) is 0 Å². The maximum atomic E-state index is 14.7. The van der Waals surface area contributed by atoms with Gasteiger partial charge in [-0.05, 0) is 68.3 Å². The molecule has 6 rings (SSSR count). The number of alkyl halides is 4. The van der Waals surface area contributed by atoms with Gasteiger partial charge in [-0.25, -0.2) is 13.8 Å². The first-order chi connectivity index (χ1) is 20.4. The molecule has 2 atom stereocenters. The Labute approximate surface area is 242 Å². The number of carbonyl (C=O) groups excluding carboxylic acids is 1. The molecule has 0 saturated heterocycles. The third-order valence-electron chi connectivity index (χ3n) is 7.72. The lowest BCUT2D eigenvalue weighted by Gasteiger charge is -2.31. The molecule has 1 amide bonds. The number of benzene rings is 2. The number of hydrogen-bond donors (Lipinski definition) is 2. The van der Waals surface area contributed by atoms with Crippen LogP contribution in [0.1, 0.15) is 41.4 Å². The molecular weight excluding hydrogens is 573 g/mol. The molecule has 2 aromatic carbocycles. The Hall–Kier alpha value is -4.32. The van der Waals surface area contributed by atoms with Gasteiger partial charge in [0.2, 0.25) is 5.60 Å². The predicted molar refractivity (Wildman–Crippen MR) is 146 cm³/mol. The first-order valence-corrected chi connectivity index (χ1v) is 13.6. The minimum absolute atomic E-state index is 0.00740. The molecule has 224 valence electrons. The lowest BCUT2D eigenvalue weighted by atomic mass is 9.83. The lowest BCUT2D eigenvalue weighted by molar-refractivity contribution is -0.265. The van der Waals surface area contributed by atoms with Gasteiger partial charge in [-0.1, -0.05) is 6.07 Å². The zero-order chi connectivity index (χ0) is 30.6. The van der Waals surface area contributed by atoms with E-state index in [4.69, 9.17) is 9.47 Å². The SMILES string of the molecule is CC1(CF)COc2c1cc(C(O)(CNC(=O)c1cc(OC3CC3)c3ncccc3c1)C(F)(F)F)nc2-c1ccc(F)cc1. The summed E-state index contributed by atoms with van der Waals surface area (Å²) >= 11 is 0. The summed E-state index contributed by atoms with van der Waals surface area (Å²) in [6.45, 7) is -0.973. The maximum Gasteiger partial charge on any atom is 0.424 e. The average molecular weight is 600 g/mol. The largest absolute Gasteiger partial charge is 0.490 e. The van der Waals surface area contributed by atoms with Gasteiger partial charge in [-0.2, -0.15) is 13.2 Å². The number of amides is 1. The summed E-state index contributed by atoms with van der Waals surface area (Å²) in [6.07, 6.45) is -2.11. The molecule has 43 heavy (non-hydrogen) atoms. The van der Waals surface area contributed by atoms with Crippen LogP contribution in [0, 0.1) is 5.82 Å². The van der Waals surface area contributed by atoms with E-state index in [1.165, 1.54) is 31.2 Å². The molecule has 3 heterocycles. The van der Waals surface area contributed by atoms with E-state index in [0.717, 1.165) is 31.0 Å². The van der Waals surface area contributed by atoms with E-state index in [-0.39, 0.29) is 40.8 Å². The summed E-state index contributed by atoms with van der Waals surface area (Å²) in [5.74, 6) is -1.12. The van der Waals surface area contributed by atoms with Crippen LogP contribution in [0.15, 0.2) is 60.8 Å². The summed E-state index contributed by atoms with van der Waals surface area (Å²) in [5.41, 5.74) is -5.22. The average Bonchev–Trinajstić information content (AvgIpc) is 3.75. The van der Waals surface area contributed by atoms with E-state index >= 15 is 0 Å². The second kappa shape index (κ2) is 10.4. The number of nitrogens with zero attached hydrogens (tertiary/aromatic N) is 2. The van der Waals surface area contributed by atoms with E-state index < -0.39 is 47.8 Å². The van der Waals surface area contributed by atoms with Crippen molar-refractivity contribution in [2.45, 2.75) is 43.1 Å². The Morgan fingerprint density at radius 2 is 1.91 bits per heavy atom. The van der Waals surface area contributed by atoms with Gasteiger partial charge in [0.15, 0.2) is 0 Å². The molecule has 4 aromatic rings. The minimum Gasteiger partial charge on any atom is -0.490 e. The third kappa shape index (κ3) is 5.24. The summed E-state index contributed by atoms with van der Waals surface area (Å²) in [6, 6.07) is 11.9. The fourth-order valence-corrected chi connectivity index (χ4v) is 4.95. The Balaban J connectivity index is 1.38. The number of halogens is 5. The zero-order valence-corrected chi connectivity index (χ0v) is 22.8. The summed E-state index contributed by atoms with van der Waals surface area (Å²) in [7, 11) is 0. The molecular formula is C31H26F5N3O4. The highest BCUT2D eigenvalue weighted by atomic mass is 19.4. The molecule has 2 N–H and O–H groups in total. The first-order valence-electron chi connectivity index (χ1n) is 13.6. The predicted octanol–water partition coefficient (Wildman–Crippen LogP) is 5.78. The van der Waals surface area contributed by atoms with Crippen LogP contribution in [0.25, 0.3) is 22.2 Å². The van der Waals surface area contributed by atoms with Gasteiger partial charge in [-0.15, -0.1) is 0 Å². The number of hydrogen-bond acceptors (Lipinski definition) is 6. The maximum absolute atomic E-state index is 14.7. The lowest BCUT2D eigenvalue weighted by Crippen LogP contribution is -2.51. The van der Waals surface area contributed by atoms with Gasteiger partial charge >= 0.3 is 6.18 Å². The topological polar surface area (TPSA) is 93.6 Å². The summed E-state index contributed by atoms with van der Waals surface area (Å²) < 4.78 is 83.3. The molecule has 2 aliphatic rings. The van der Waals surface area contributed by atoms with Crippen molar-refractivity contribution in [3.05, 3.63) is 83.4 Å². The highest BCUT2D eigenvalue weighted by Gasteiger charge is 2.57. The van der Waals surface area contributed by atoms with Crippen molar-refractivity contribution in [1.29, 1.82) is 0 Å². The standard InChI is InChI=1S/C31H26F5N3O4/c1-29(14-32)16-42-27-22(29)13-24(39-26(27)17-4-6-20(33)7-5-17)30(41,31(34,35)36)15-38-28(40)19-11-18-3-2-10-37-25(18)23(12-19)43-21-8-9-21/h2-7,10-13,21,41H,8-9,14-16H2,1H3,(H,38,40). The highest BCUT2D eigenvalue weighted by Crippen LogP contribution is 2.48. The van der Waals surface area contributed by atoms with E-state index in [9.17, 15) is 31.9 Å². The monoisotopic (exact) mass is 599 g/mol. The number of pyridine rings is 2. The molecule has 1 fully saturated rings. The normalized spacial score (nSPS) is 19.4. The summed E-state index contributed by atoms with van der Waals surface area (Å²) in [4.78, 5) is 21.6. The van der Waals surface area contributed by atoms with E-state index in [1.54, 1.807) is 18.3 Å². The number of ether oxygens (including phenoxy) is 2. The van der Waals surface area contributed by atoms with E-state index in [0.29, 0.717) is 16.7 Å². The third-order valence-corrected chi connectivity index (χ3v) is 7.72. The second-order valence-corrected chi connectivity index (χ2v) is 11.1. The number of aromatic nitrogens is 2. The quantitative estimate of drug-likeness (QED) is 0.250. The van der Waals surface area contributed by atoms with Crippen molar-refractivity contribution >= 4 is 16.8 Å². The molecule has 0 radical (unpaired) electrons. The molecule has 12 heteroatoms. The van der Waals surface area contributed by atoms with Crippen molar-refractivity contribution in [3.8, 4) is 22.8 Å². The van der Waals surface area contributed by atoms with Crippen LogP contribution in [0.4, 0.5) is 22.0 Å². The Morgan fingerprint density at radius 1 is 1.16 bits per heavy atom. The van der Waals surface area contributed by atoms with Crippen LogP contribution >= 0.6 is 0 Å². The number of rotatable bonds is 8. The first kappa shape index (κ1) is 28.8. The fourth-order valence-electron chi connectivity index (χ4n) is 4.95. The van der Waals surface area contributed by atoms with Crippen molar-refractivity contribution in [2.75, 3.05) is 19.8 Å². The van der Waals surface area contributed by atoms with Crippen molar-refractivity contribution in [2.24, 2.45) is 0 Å². The van der Waals surface area contributed by atoms with Crippen LogP contribution < -0.4 is 14.8 Å². The molecule has 0 spiro atoms. The van der Waals surface area contributed by atoms with Crippen molar-refractivity contribution in [1.82, 2.24) is 15.3 Å². The van der Waals surface area contributed by atoms with Gasteiger partial charge in [0.25, 0.3) is 5.91 Å². The molecule has 1 aliphatic carbocycles. The molecule has 1 saturated carbocycles. The van der Waals surface area contributed by atoms with Crippen molar-refractivity contribution in [3.63, 3.8) is 0 Å². The van der Waals surface area contributed by atoms with Crippen LogP contribution in [0.3, 0.4) is 0 Å². The summed E-state index contributed by atoms with van der Waals surface area (Å²) in [5, 5.41) is 14.0. The zero-order valence-electron chi connectivity index (χ0n) is 22.8. The van der Waals surface area contributed by atoms with Crippen LogP contribution in [-0.2, 0) is 11.0 Å². The molecule has 7 nitrogen and oxygen atoms in total. The number of fused-ring (bicyclic) bond motifs is 2. The van der Waals surface area contributed by atoms with Crippen LogP contribution in [0.2, 0.25) is 0 Å². The minimum atomic E-state index is -5.32. The van der Waals surface area contributed by atoms with Gasteiger partial charge in [0, 0.05) is 28.3 Å². The molecule has 0 bridgehead atoms. The van der Waals surface area contributed by atoms with Gasteiger partial charge in [-0.3, -0.25) is 9.78 Å². The van der Waals surface area contributed by atoms with Crippen molar-refractivity contribution < 1.29 is 41.3 Å². The molecule has 2 unspecified atom stereocenters. The number of aliphatic hydroxyl groups is 1. The van der Waals surface area contributed by atoms with Gasteiger partial charge in [0.1, 0.15) is 41.8 Å².